The highest BCUT2D eigenvalue weighted by atomic mass is 35.5. The molecule has 0 radical (unpaired) electrons. The number of alkyl halides is 1. The van der Waals surface area contributed by atoms with Crippen molar-refractivity contribution in [2.45, 2.75) is 12.5 Å². The van der Waals surface area contributed by atoms with Gasteiger partial charge in [0.2, 0.25) is 11.7 Å². The van der Waals surface area contributed by atoms with Crippen molar-refractivity contribution in [3.8, 4) is 0 Å². The summed E-state index contributed by atoms with van der Waals surface area (Å²) in [6, 6.07) is 0. The first-order chi connectivity index (χ1) is 6.90. The Morgan fingerprint density at radius 2 is 2.50 bits per heavy atom. The van der Waals surface area contributed by atoms with E-state index >= 15 is 0 Å². The zero-order valence-corrected chi connectivity index (χ0v) is 9.18. The minimum Gasteiger partial charge on any atom is -0.368 e. The minimum absolute atomic E-state index is 0.0124. The maximum Gasteiger partial charge on any atom is 0.227 e. The van der Waals surface area contributed by atoms with Crippen LogP contribution in [-0.2, 0) is 11.2 Å². The largest absolute Gasteiger partial charge is 0.368 e. The zero-order chi connectivity index (χ0) is 9.80. The number of hydrogen-bond acceptors (Lipinski definition) is 5. The average Bonchev–Trinajstić information content (AvgIpc) is 2.68. The third-order valence-electron chi connectivity index (χ3n) is 1.90. The maximum atomic E-state index is 5.57. The van der Waals surface area contributed by atoms with Gasteiger partial charge in [-0.3, -0.25) is 0 Å². The molecule has 1 unspecified atom stereocenters. The third kappa shape index (κ3) is 2.40. The van der Waals surface area contributed by atoms with E-state index in [-0.39, 0.29) is 6.10 Å². The lowest BCUT2D eigenvalue weighted by atomic mass is 10.4. The molecule has 1 aliphatic rings. The Balaban J connectivity index is 2.00. The number of nitrogens with zero attached hydrogens (tertiary/aromatic N) is 2. The Bertz CT molecular complexity index is 289. The zero-order valence-electron chi connectivity index (χ0n) is 7.61. The van der Waals surface area contributed by atoms with Crippen LogP contribution in [0, 0.1) is 0 Å². The van der Waals surface area contributed by atoms with Crippen LogP contribution in [0.15, 0.2) is 4.52 Å². The molecule has 1 atom stereocenters. The van der Waals surface area contributed by atoms with E-state index < -0.39 is 0 Å². The van der Waals surface area contributed by atoms with Crippen molar-refractivity contribution >= 4 is 23.4 Å². The van der Waals surface area contributed by atoms with E-state index in [1.807, 2.05) is 11.8 Å². The van der Waals surface area contributed by atoms with Gasteiger partial charge in [0, 0.05) is 23.8 Å². The molecule has 14 heavy (non-hydrogen) atoms. The van der Waals surface area contributed by atoms with Crippen LogP contribution in [0.25, 0.3) is 0 Å². The molecule has 4 nitrogen and oxygen atoms in total. The monoisotopic (exact) mass is 234 g/mol. The highest BCUT2D eigenvalue weighted by molar-refractivity contribution is 7.99. The number of halogens is 1. The normalized spacial score (nSPS) is 22.5. The first-order valence-corrected chi connectivity index (χ1v) is 6.17. The molecule has 1 fully saturated rings. The van der Waals surface area contributed by atoms with Crippen molar-refractivity contribution in [2.75, 3.05) is 24.0 Å². The van der Waals surface area contributed by atoms with Gasteiger partial charge in [-0.15, -0.1) is 11.6 Å². The Kier molecular flexibility index (Phi) is 3.67. The summed E-state index contributed by atoms with van der Waals surface area (Å²) in [5.74, 6) is 3.69. The Morgan fingerprint density at radius 1 is 1.57 bits per heavy atom. The summed E-state index contributed by atoms with van der Waals surface area (Å²) in [6.07, 6.45) is 0.607. The molecular weight excluding hydrogens is 224 g/mol. The Hall–Kier alpha value is -0.260. The summed E-state index contributed by atoms with van der Waals surface area (Å²) in [4.78, 5) is 4.22. The maximum absolute atomic E-state index is 5.57. The third-order valence-corrected chi connectivity index (χ3v) is 3.08. The number of aromatic nitrogens is 2. The molecule has 2 rings (SSSR count). The van der Waals surface area contributed by atoms with Crippen molar-refractivity contribution in [1.82, 2.24) is 10.1 Å². The minimum atomic E-state index is -0.0124. The summed E-state index contributed by atoms with van der Waals surface area (Å²) < 4.78 is 10.5. The van der Waals surface area contributed by atoms with E-state index in [9.17, 15) is 0 Å². The molecule has 1 aromatic heterocycles. The number of rotatable bonds is 3. The van der Waals surface area contributed by atoms with Crippen LogP contribution < -0.4 is 0 Å². The van der Waals surface area contributed by atoms with Crippen LogP contribution in [0.5, 0.6) is 0 Å². The first-order valence-electron chi connectivity index (χ1n) is 4.48. The van der Waals surface area contributed by atoms with Gasteiger partial charge in [0.05, 0.1) is 6.61 Å². The fourth-order valence-electron chi connectivity index (χ4n) is 1.22. The molecule has 1 aliphatic heterocycles. The molecule has 78 valence electrons. The van der Waals surface area contributed by atoms with Crippen molar-refractivity contribution in [1.29, 1.82) is 0 Å². The molecule has 2 heterocycles. The van der Waals surface area contributed by atoms with E-state index in [2.05, 4.69) is 10.1 Å². The van der Waals surface area contributed by atoms with Gasteiger partial charge in [0.1, 0.15) is 6.10 Å². The number of aryl methyl sites for hydroxylation is 1. The molecule has 0 aliphatic carbocycles. The highest BCUT2D eigenvalue weighted by Gasteiger charge is 2.21. The van der Waals surface area contributed by atoms with Gasteiger partial charge < -0.3 is 9.26 Å². The lowest BCUT2D eigenvalue weighted by Gasteiger charge is -2.18. The van der Waals surface area contributed by atoms with Crippen LogP contribution in [0.4, 0.5) is 0 Å². The van der Waals surface area contributed by atoms with Crippen molar-refractivity contribution in [3.05, 3.63) is 11.7 Å². The molecule has 1 saturated heterocycles. The van der Waals surface area contributed by atoms with E-state index in [0.29, 0.717) is 24.0 Å². The van der Waals surface area contributed by atoms with Gasteiger partial charge in [-0.05, 0) is 0 Å². The summed E-state index contributed by atoms with van der Waals surface area (Å²) in [6.45, 7) is 0.759. The van der Waals surface area contributed by atoms with E-state index in [0.717, 1.165) is 18.1 Å². The van der Waals surface area contributed by atoms with E-state index in [4.69, 9.17) is 20.9 Å². The van der Waals surface area contributed by atoms with Crippen molar-refractivity contribution in [3.63, 3.8) is 0 Å². The second-order valence-corrected chi connectivity index (χ2v) is 4.45. The fraction of sp³-hybridized carbons (Fsp3) is 0.750. The van der Waals surface area contributed by atoms with Gasteiger partial charge in [-0.1, -0.05) is 5.16 Å². The standard InChI is InChI=1S/C8H11ClN2O2S/c9-2-1-7-10-8(11-13-7)6-5-14-4-3-12-6/h6H,1-5H2. The molecule has 0 aromatic carbocycles. The van der Waals surface area contributed by atoms with Crippen LogP contribution in [0.1, 0.15) is 17.8 Å². The molecule has 0 amide bonds. The van der Waals surface area contributed by atoms with Gasteiger partial charge in [-0.2, -0.15) is 16.7 Å². The lowest BCUT2D eigenvalue weighted by molar-refractivity contribution is 0.0677. The first kappa shape index (κ1) is 10.3. The smallest absolute Gasteiger partial charge is 0.227 e. The summed E-state index contributed by atoms with van der Waals surface area (Å²) in [7, 11) is 0. The summed E-state index contributed by atoms with van der Waals surface area (Å²) in [5, 5.41) is 3.88. The van der Waals surface area contributed by atoms with Crippen molar-refractivity contribution < 1.29 is 9.26 Å². The van der Waals surface area contributed by atoms with Gasteiger partial charge >= 0.3 is 0 Å². The van der Waals surface area contributed by atoms with Gasteiger partial charge in [-0.25, -0.2) is 0 Å². The predicted octanol–water partition coefficient (Wildman–Crippen LogP) is 1.66. The number of ether oxygens (including phenoxy) is 1. The topological polar surface area (TPSA) is 48.2 Å². The quantitative estimate of drug-likeness (QED) is 0.745. The summed E-state index contributed by atoms with van der Waals surface area (Å²) in [5.41, 5.74) is 0. The number of hydrogen-bond donors (Lipinski definition) is 0. The lowest BCUT2D eigenvalue weighted by Crippen LogP contribution is -2.16. The second-order valence-electron chi connectivity index (χ2n) is 2.92. The average molecular weight is 235 g/mol. The SMILES string of the molecule is ClCCc1nc(C2CSCCO2)no1. The molecule has 6 heteroatoms. The highest BCUT2D eigenvalue weighted by Crippen LogP contribution is 2.24. The van der Waals surface area contributed by atoms with Crippen LogP contribution in [0.3, 0.4) is 0 Å². The van der Waals surface area contributed by atoms with Gasteiger partial charge in [0.15, 0.2) is 0 Å². The van der Waals surface area contributed by atoms with Crippen LogP contribution >= 0.6 is 23.4 Å². The molecular formula is C8H11ClN2O2S. The van der Waals surface area contributed by atoms with Gasteiger partial charge in [0.25, 0.3) is 0 Å². The fourth-order valence-corrected chi connectivity index (χ4v) is 2.22. The Morgan fingerprint density at radius 3 is 3.21 bits per heavy atom. The summed E-state index contributed by atoms with van der Waals surface area (Å²) >= 11 is 7.42. The van der Waals surface area contributed by atoms with Crippen LogP contribution in [0.2, 0.25) is 0 Å². The predicted molar refractivity (Wildman–Crippen MR) is 54.7 cm³/mol. The molecule has 0 bridgehead atoms. The van der Waals surface area contributed by atoms with E-state index in [1.54, 1.807) is 0 Å². The molecule has 0 N–H and O–H groups in total. The Labute approximate surface area is 91.3 Å². The number of thioether (sulfide) groups is 1. The second kappa shape index (κ2) is 5.00. The van der Waals surface area contributed by atoms with Crippen LogP contribution in [-0.4, -0.2) is 34.1 Å². The van der Waals surface area contributed by atoms with Crippen molar-refractivity contribution in [2.24, 2.45) is 0 Å². The molecule has 0 saturated carbocycles. The van der Waals surface area contributed by atoms with E-state index in [1.165, 1.54) is 0 Å². The molecule has 0 spiro atoms. The molecule has 1 aromatic rings.